The van der Waals surface area contributed by atoms with E-state index in [0.29, 0.717) is 6.61 Å². The molecule has 0 N–H and O–H groups in total. The molecule has 0 radical (unpaired) electrons. The summed E-state index contributed by atoms with van der Waals surface area (Å²) in [5, 5.41) is 0. The van der Waals surface area contributed by atoms with E-state index in [1.807, 2.05) is 51.2 Å². The number of esters is 1. The number of benzene rings is 1. The van der Waals surface area contributed by atoms with Crippen LogP contribution in [0.4, 0.5) is 0 Å². The van der Waals surface area contributed by atoms with Gasteiger partial charge in [-0.15, -0.1) is 0 Å². The maximum atomic E-state index is 12.9. The minimum atomic E-state index is -0.676. The lowest BCUT2D eigenvalue weighted by molar-refractivity contribution is -0.146. The minimum Gasteiger partial charge on any atom is -0.496 e. The van der Waals surface area contributed by atoms with E-state index in [2.05, 4.69) is 11.1 Å². The number of aromatic nitrogens is 1. The summed E-state index contributed by atoms with van der Waals surface area (Å²) in [5.41, 5.74) is 3.37. The first-order chi connectivity index (χ1) is 11.5. The Bertz CT molecular complexity index is 754. The lowest BCUT2D eigenvalue weighted by atomic mass is 9.89. The molecule has 1 saturated carbocycles. The molecule has 4 heteroatoms. The predicted molar refractivity (Wildman–Crippen MR) is 92.4 cm³/mol. The van der Waals surface area contributed by atoms with E-state index in [-0.39, 0.29) is 11.9 Å². The number of methoxy groups -OCH3 is 1. The number of ether oxygens (including phenoxy) is 2. The first-order valence-electron chi connectivity index (χ1n) is 8.27. The Morgan fingerprint density at radius 1 is 1.29 bits per heavy atom. The van der Waals surface area contributed by atoms with Gasteiger partial charge in [0.25, 0.3) is 0 Å². The van der Waals surface area contributed by atoms with Gasteiger partial charge in [0, 0.05) is 23.4 Å². The molecule has 0 bridgehead atoms. The third-order valence-electron chi connectivity index (χ3n) is 4.77. The Labute approximate surface area is 142 Å². The molecule has 1 aliphatic carbocycles. The molecule has 1 fully saturated rings. The molecule has 1 aromatic carbocycles. The van der Waals surface area contributed by atoms with Crippen molar-refractivity contribution < 1.29 is 14.3 Å². The van der Waals surface area contributed by atoms with Crippen molar-refractivity contribution in [3.8, 4) is 5.75 Å². The number of rotatable bonds is 5. The molecule has 0 amide bonds. The van der Waals surface area contributed by atoms with Gasteiger partial charge in [-0.2, -0.15) is 0 Å². The molecule has 3 rings (SSSR count). The van der Waals surface area contributed by atoms with Gasteiger partial charge in [-0.1, -0.05) is 23.8 Å². The van der Waals surface area contributed by atoms with E-state index < -0.39 is 5.41 Å². The average molecular weight is 325 g/mol. The second-order valence-corrected chi connectivity index (χ2v) is 6.39. The second-order valence-electron chi connectivity index (χ2n) is 6.39. The molecule has 4 nitrogen and oxygen atoms in total. The van der Waals surface area contributed by atoms with Crippen molar-refractivity contribution in [1.82, 2.24) is 4.98 Å². The fraction of sp³-hybridized carbons (Fsp3) is 0.400. The van der Waals surface area contributed by atoms with Crippen molar-refractivity contribution >= 4 is 5.97 Å². The van der Waals surface area contributed by atoms with Gasteiger partial charge in [0.15, 0.2) is 0 Å². The summed E-state index contributed by atoms with van der Waals surface area (Å²) in [6.07, 6.45) is 2.58. The van der Waals surface area contributed by atoms with E-state index >= 15 is 0 Å². The first-order valence-corrected chi connectivity index (χ1v) is 8.27. The van der Waals surface area contributed by atoms with Crippen LogP contribution in [0.1, 0.15) is 41.6 Å². The van der Waals surface area contributed by atoms with Gasteiger partial charge in [-0.3, -0.25) is 9.78 Å². The highest BCUT2D eigenvalue weighted by Gasteiger charge is 2.64. The number of hydrogen-bond acceptors (Lipinski definition) is 4. The summed E-state index contributed by atoms with van der Waals surface area (Å²) < 4.78 is 11.0. The molecule has 1 heterocycles. The summed E-state index contributed by atoms with van der Waals surface area (Å²) in [5.74, 6) is 0.621. The number of pyridine rings is 1. The zero-order valence-electron chi connectivity index (χ0n) is 14.6. The molecule has 2 aromatic rings. The van der Waals surface area contributed by atoms with Gasteiger partial charge < -0.3 is 9.47 Å². The van der Waals surface area contributed by atoms with Gasteiger partial charge in [0.05, 0.1) is 13.7 Å². The minimum absolute atomic E-state index is 0.0698. The maximum Gasteiger partial charge on any atom is 0.317 e. The molecule has 24 heavy (non-hydrogen) atoms. The van der Waals surface area contributed by atoms with E-state index in [4.69, 9.17) is 9.47 Å². The highest BCUT2D eigenvalue weighted by atomic mass is 16.5. The van der Waals surface area contributed by atoms with Crippen LogP contribution < -0.4 is 4.74 Å². The monoisotopic (exact) mass is 325 g/mol. The largest absolute Gasteiger partial charge is 0.496 e. The summed E-state index contributed by atoms with van der Waals surface area (Å²) in [6, 6.07) is 9.99. The number of nitrogens with zero attached hydrogens (tertiary/aromatic N) is 1. The van der Waals surface area contributed by atoms with Crippen molar-refractivity contribution in [3.05, 3.63) is 58.9 Å². The molecule has 0 saturated heterocycles. The molecule has 126 valence electrons. The number of aryl methyl sites for hydroxylation is 2. The summed E-state index contributed by atoms with van der Waals surface area (Å²) in [7, 11) is 1.64. The summed E-state index contributed by atoms with van der Waals surface area (Å²) >= 11 is 0. The smallest absolute Gasteiger partial charge is 0.317 e. The SMILES string of the molecule is CCOC(=O)[C@@]1(c2cc(C)ccc2OC)C[C@@H]1c1ccc(C)nc1. The lowest BCUT2D eigenvalue weighted by Crippen LogP contribution is -2.26. The molecule has 1 aromatic heterocycles. The molecule has 0 unspecified atom stereocenters. The first kappa shape index (κ1) is 16.5. The Balaban J connectivity index is 2.08. The van der Waals surface area contributed by atoms with Crippen LogP contribution in [0.15, 0.2) is 36.5 Å². The zero-order chi connectivity index (χ0) is 17.3. The van der Waals surface area contributed by atoms with Crippen molar-refractivity contribution in [1.29, 1.82) is 0 Å². The number of hydrogen-bond donors (Lipinski definition) is 0. The Hall–Kier alpha value is -2.36. The molecular weight excluding hydrogens is 302 g/mol. The van der Waals surface area contributed by atoms with Gasteiger partial charge >= 0.3 is 5.97 Å². The van der Waals surface area contributed by atoms with Gasteiger partial charge in [0.1, 0.15) is 11.2 Å². The van der Waals surface area contributed by atoms with E-state index in [0.717, 1.165) is 34.6 Å². The van der Waals surface area contributed by atoms with Crippen molar-refractivity contribution in [3.63, 3.8) is 0 Å². The van der Waals surface area contributed by atoms with Crippen LogP contribution in [0, 0.1) is 13.8 Å². The van der Waals surface area contributed by atoms with Crippen LogP contribution in [0.2, 0.25) is 0 Å². The van der Waals surface area contributed by atoms with E-state index in [1.54, 1.807) is 7.11 Å². The van der Waals surface area contributed by atoms with E-state index in [9.17, 15) is 4.79 Å². The van der Waals surface area contributed by atoms with Crippen LogP contribution in [0.25, 0.3) is 0 Å². The Morgan fingerprint density at radius 2 is 2.08 bits per heavy atom. The standard InChI is InChI=1S/C20H23NO3/c1-5-24-19(22)20(16-10-13(2)6-9-18(16)23-4)11-17(20)15-8-7-14(3)21-12-15/h6-10,12,17H,5,11H2,1-4H3/t17-,20-/m1/s1. The molecular formula is C20H23NO3. The van der Waals surface area contributed by atoms with Crippen molar-refractivity contribution in [2.24, 2.45) is 0 Å². The second kappa shape index (κ2) is 6.27. The average Bonchev–Trinajstić information content (AvgIpc) is 3.32. The zero-order valence-corrected chi connectivity index (χ0v) is 14.6. The van der Waals surface area contributed by atoms with Crippen LogP contribution in [0.5, 0.6) is 5.75 Å². The van der Waals surface area contributed by atoms with Gasteiger partial charge in [-0.25, -0.2) is 0 Å². The number of carbonyl (C=O) groups is 1. The third kappa shape index (κ3) is 2.66. The van der Waals surface area contributed by atoms with Crippen LogP contribution >= 0.6 is 0 Å². The normalized spacial score (nSPS) is 22.1. The van der Waals surface area contributed by atoms with Crippen molar-refractivity contribution in [2.45, 2.75) is 38.5 Å². The third-order valence-corrected chi connectivity index (χ3v) is 4.77. The quantitative estimate of drug-likeness (QED) is 0.787. The molecule has 0 aliphatic heterocycles. The fourth-order valence-corrected chi connectivity index (χ4v) is 3.41. The molecule has 2 atom stereocenters. The van der Waals surface area contributed by atoms with Crippen LogP contribution in [-0.2, 0) is 14.9 Å². The highest BCUT2D eigenvalue weighted by molar-refractivity contribution is 5.90. The highest BCUT2D eigenvalue weighted by Crippen LogP contribution is 2.63. The molecule has 1 aliphatic rings. The topological polar surface area (TPSA) is 48.4 Å². The molecule has 0 spiro atoms. The van der Waals surface area contributed by atoms with E-state index in [1.165, 1.54) is 0 Å². The predicted octanol–water partition coefficient (Wildman–Crippen LogP) is 3.70. The summed E-state index contributed by atoms with van der Waals surface area (Å²) in [4.78, 5) is 17.2. The van der Waals surface area contributed by atoms with Crippen LogP contribution in [0.3, 0.4) is 0 Å². The number of carbonyl (C=O) groups excluding carboxylic acids is 1. The van der Waals surface area contributed by atoms with Gasteiger partial charge in [0.2, 0.25) is 0 Å². The van der Waals surface area contributed by atoms with Crippen LogP contribution in [-0.4, -0.2) is 24.7 Å². The Morgan fingerprint density at radius 3 is 2.71 bits per heavy atom. The maximum absolute atomic E-state index is 12.9. The van der Waals surface area contributed by atoms with Crippen molar-refractivity contribution in [2.75, 3.05) is 13.7 Å². The summed E-state index contributed by atoms with van der Waals surface area (Å²) in [6.45, 7) is 6.18. The fourth-order valence-electron chi connectivity index (χ4n) is 3.41. The lowest BCUT2D eigenvalue weighted by Gasteiger charge is -2.20. The Kier molecular flexibility index (Phi) is 4.31. The van der Waals surface area contributed by atoms with Gasteiger partial charge in [-0.05, 0) is 44.9 Å².